The van der Waals surface area contributed by atoms with Crippen LogP contribution in [-0.2, 0) is 0 Å². The van der Waals surface area contributed by atoms with Gasteiger partial charge in [0.1, 0.15) is 0 Å². The standard InChI is InChI=1S/C18H21N3O3.ClH/c1-12-13(2)21(9-8-19-12)18(23)14-5-3-6-15(11-14)20-17(22)16-7-4-10-24-16;/h3-7,10-13,19H,8-9H2,1-2H3,(H,20,22);1H. The Hall–Kier alpha value is -2.31. The highest BCUT2D eigenvalue weighted by Crippen LogP contribution is 2.17. The molecule has 6 nitrogen and oxygen atoms in total. The first-order valence-corrected chi connectivity index (χ1v) is 8.05. The normalized spacial score (nSPS) is 19.8. The molecule has 2 heterocycles. The fraction of sp³-hybridized carbons (Fsp3) is 0.333. The second-order valence-corrected chi connectivity index (χ2v) is 5.99. The van der Waals surface area contributed by atoms with Gasteiger partial charge in [0.15, 0.2) is 5.76 Å². The molecule has 0 radical (unpaired) electrons. The summed E-state index contributed by atoms with van der Waals surface area (Å²) in [5.74, 6) is -0.130. The van der Waals surface area contributed by atoms with Crippen LogP contribution in [0.3, 0.4) is 0 Å². The molecule has 134 valence electrons. The van der Waals surface area contributed by atoms with E-state index in [1.54, 1.807) is 36.4 Å². The average molecular weight is 364 g/mol. The first-order chi connectivity index (χ1) is 11.6. The smallest absolute Gasteiger partial charge is 0.291 e. The minimum Gasteiger partial charge on any atom is -0.459 e. The van der Waals surface area contributed by atoms with E-state index in [0.717, 1.165) is 6.54 Å². The summed E-state index contributed by atoms with van der Waals surface area (Å²) in [5, 5.41) is 6.11. The maximum absolute atomic E-state index is 12.8. The maximum Gasteiger partial charge on any atom is 0.291 e. The summed E-state index contributed by atoms with van der Waals surface area (Å²) >= 11 is 0. The Kier molecular flexibility index (Phi) is 6.22. The first-order valence-electron chi connectivity index (χ1n) is 8.05. The van der Waals surface area contributed by atoms with Crippen molar-refractivity contribution < 1.29 is 14.0 Å². The average Bonchev–Trinajstić information content (AvgIpc) is 3.12. The molecule has 2 N–H and O–H groups in total. The lowest BCUT2D eigenvalue weighted by molar-refractivity contribution is 0.0603. The van der Waals surface area contributed by atoms with Crippen LogP contribution in [0.25, 0.3) is 0 Å². The number of furan rings is 1. The van der Waals surface area contributed by atoms with Crippen LogP contribution < -0.4 is 10.6 Å². The van der Waals surface area contributed by atoms with Crippen molar-refractivity contribution in [3.8, 4) is 0 Å². The van der Waals surface area contributed by atoms with E-state index in [1.165, 1.54) is 6.26 Å². The molecule has 1 saturated heterocycles. The number of amides is 2. The van der Waals surface area contributed by atoms with Gasteiger partial charge in [0.05, 0.1) is 6.26 Å². The van der Waals surface area contributed by atoms with Gasteiger partial charge in [0.2, 0.25) is 0 Å². The Morgan fingerprint density at radius 2 is 2.04 bits per heavy atom. The van der Waals surface area contributed by atoms with E-state index < -0.39 is 0 Å². The van der Waals surface area contributed by atoms with E-state index in [4.69, 9.17) is 4.42 Å². The molecule has 2 atom stereocenters. The van der Waals surface area contributed by atoms with Crippen LogP contribution in [-0.4, -0.2) is 41.9 Å². The number of hydrogen-bond donors (Lipinski definition) is 2. The molecule has 0 saturated carbocycles. The van der Waals surface area contributed by atoms with Gasteiger partial charge in [-0.3, -0.25) is 9.59 Å². The highest BCUT2D eigenvalue weighted by atomic mass is 35.5. The fourth-order valence-electron chi connectivity index (χ4n) is 2.84. The van der Waals surface area contributed by atoms with Crippen molar-refractivity contribution in [3.63, 3.8) is 0 Å². The number of benzene rings is 1. The van der Waals surface area contributed by atoms with E-state index >= 15 is 0 Å². The molecule has 1 aliphatic rings. The van der Waals surface area contributed by atoms with Gasteiger partial charge < -0.3 is 20.0 Å². The van der Waals surface area contributed by atoms with Gasteiger partial charge in [-0.15, -0.1) is 12.4 Å². The number of carbonyl (C=O) groups excluding carboxylic acids is 2. The van der Waals surface area contributed by atoms with Crippen LogP contribution in [0.4, 0.5) is 5.69 Å². The number of hydrogen-bond acceptors (Lipinski definition) is 4. The number of halogens is 1. The molecule has 1 aliphatic heterocycles. The minimum atomic E-state index is -0.339. The largest absolute Gasteiger partial charge is 0.459 e. The predicted molar refractivity (Wildman–Crippen MR) is 98.3 cm³/mol. The Balaban J connectivity index is 0.00000225. The zero-order chi connectivity index (χ0) is 17.1. The van der Waals surface area contributed by atoms with Crippen molar-refractivity contribution in [2.24, 2.45) is 0 Å². The zero-order valence-electron chi connectivity index (χ0n) is 14.2. The van der Waals surface area contributed by atoms with Gasteiger partial charge in [0.25, 0.3) is 11.8 Å². The van der Waals surface area contributed by atoms with Crippen LogP contribution in [0.2, 0.25) is 0 Å². The van der Waals surface area contributed by atoms with Crippen molar-refractivity contribution in [1.82, 2.24) is 10.2 Å². The van der Waals surface area contributed by atoms with Crippen LogP contribution in [0.15, 0.2) is 47.1 Å². The molecule has 2 amide bonds. The van der Waals surface area contributed by atoms with Crippen molar-refractivity contribution in [2.45, 2.75) is 25.9 Å². The number of rotatable bonds is 3. The summed E-state index contributed by atoms with van der Waals surface area (Å²) in [4.78, 5) is 26.7. The monoisotopic (exact) mass is 363 g/mol. The van der Waals surface area contributed by atoms with Crippen LogP contribution in [0.5, 0.6) is 0 Å². The van der Waals surface area contributed by atoms with Gasteiger partial charge in [-0.2, -0.15) is 0 Å². The Labute approximate surface area is 153 Å². The summed E-state index contributed by atoms with van der Waals surface area (Å²) in [6.07, 6.45) is 1.45. The molecule has 25 heavy (non-hydrogen) atoms. The number of nitrogens with one attached hydrogen (secondary N) is 2. The van der Waals surface area contributed by atoms with Crippen LogP contribution >= 0.6 is 12.4 Å². The highest BCUT2D eigenvalue weighted by molar-refractivity contribution is 6.03. The predicted octanol–water partition coefficient (Wildman–Crippen LogP) is 2.78. The molecule has 1 aromatic carbocycles. The minimum absolute atomic E-state index is 0. The van der Waals surface area contributed by atoms with E-state index in [-0.39, 0.29) is 42.1 Å². The SMILES string of the molecule is CC1NCCN(C(=O)c2cccc(NC(=O)c3ccco3)c2)C1C.Cl. The molecule has 1 aromatic heterocycles. The molecule has 1 fully saturated rings. The molecular weight excluding hydrogens is 342 g/mol. The fourth-order valence-corrected chi connectivity index (χ4v) is 2.84. The van der Waals surface area contributed by atoms with Crippen molar-refractivity contribution in [1.29, 1.82) is 0 Å². The van der Waals surface area contributed by atoms with Crippen molar-refractivity contribution in [2.75, 3.05) is 18.4 Å². The lowest BCUT2D eigenvalue weighted by Crippen LogP contribution is -2.57. The summed E-state index contributed by atoms with van der Waals surface area (Å²) in [6.45, 7) is 5.57. The topological polar surface area (TPSA) is 74.6 Å². The number of nitrogens with zero attached hydrogens (tertiary/aromatic N) is 1. The number of anilines is 1. The molecule has 3 rings (SSSR count). The van der Waals surface area contributed by atoms with Gasteiger partial charge >= 0.3 is 0 Å². The van der Waals surface area contributed by atoms with Crippen molar-refractivity contribution >= 4 is 29.9 Å². The highest BCUT2D eigenvalue weighted by Gasteiger charge is 2.28. The third kappa shape index (κ3) is 4.21. The van der Waals surface area contributed by atoms with Crippen LogP contribution in [0, 0.1) is 0 Å². The summed E-state index contributed by atoms with van der Waals surface area (Å²) in [6, 6.07) is 10.6. The molecule has 2 aromatic rings. The van der Waals surface area contributed by atoms with E-state index in [2.05, 4.69) is 17.6 Å². The second-order valence-electron chi connectivity index (χ2n) is 5.99. The van der Waals surface area contributed by atoms with E-state index in [1.807, 2.05) is 11.8 Å². The Morgan fingerprint density at radius 3 is 2.76 bits per heavy atom. The molecule has 0 aliphatic carbocycles. The molecule has 0 bridgehead atoms. The molecule has 2 unspecified atom stereocenters. The zero-order valence-corrected chi connectivity index (χ0v) is 15.0. The Bertz CT molecular complexity index is 733. The number of piperazine rings is 1. The Morgan fingerprint density at radius 1 is 1.24 bits per heavy atom. The van der Waals surface area contributed by atoms with E-state index in [9.17, 15) is 9.59 Å². The van der Waals surface area contributed by atoms with Gasteiger partial charge in [0, 0.05) is 36.4 Å². The lowest BCUT2D eigenvalue weighted by Gasteiger charge is -2.38. The summed E-state index contributed by atoms with van der Waals surface area (Å²) < 4.78 is 5.07. The number of carbonyl (C=O) groups is 2. The van der Waals surface area contributed by atoms with Crippen molar-refractivity contribution in [3.05, 3.63) is 54.0 Å². The molecule has 0 spiro atoms. The second kappa shape index (κ2) is 8.18. The molecule has 7 heteroatoms. The first kappa shape index (κ1) is 19.0. The third-order valence-corrected chi connectivity index (χ3v) is 4.41. The van der Waals surface area contributed by atoms with E-state index in [0.29, 0.717) is 17.8 Å². The van der Waals surface area contributed by atoms with Gasteiger partial charge in [-0.1, -0.05) is 6.07 Å². The van der Waals surface area contributed by atoms with Crippen LogP contribution in [0.1, 0.15) is 34.8 Å². The summed E-state index contributed by atoms with van der Waals surface area (Å²) in [7, 11) is 0. The molecular formula is C18H22ClN3O3. The van der Waals surface area contributed by atoms with Gasteiger partial charge in [-0.05, 0) is 44.2 Å². The third-order valence-electron chi connectivity index (χ3n) is 4.41. The lowest BCUT2D eigenvalue weighted by atomic mass is 10.0. The summed E-state index contributed by atoms with van der Waals surface area (Å²) in [5.41, 5.74) is 1.13. The maximum atomic E-state index is 12.8. The quantitative estimate of drug-likeness (QED) is 0.879. The van der Waals surface area contributed by atoms with Gasteiger partial charge in [-0.25, -0.2) is 0 Å².